The molecule has 0 fully saturated rings. The van der Waals surface area contributed by atoms with E-state index in [1.165, 1.54) is 18.8 Å². The van der Waals surface area contributed by atoms with E-state index in [1.807, 2.05) is 18.2 Å². The van der Waals surface area contributed by atoms with Crippen LogP contribution in [0.4, 0.5) is 5.69 Å². The Morgan fingerprint density at radius 2 is 1.76 bits per heavy atom. The summed E-state index contributed by atoms with van der Waals surface area (Å²) in [5.74, 6) is 0.726. The highest BCUT2D eigenvalue weighted by Gasteiger charge is 2.18. The van der Waals surface area contributed by atoms with Gasteiger partial charge in [0.15, 0.2) is 5.16 Å². The lowest BCUT2D eigenvalue weighted by atomic mass is 10.2. The summed E-state index contributed by atoms with van der Waals surface area (Å²) < 4.78 is 12.2. The first-order valence-electron chi connectivity index (χ1n) is 9.93. The van der Waals surface area contributed by atoms with E-state index in [-0.39, 0.29) is 17.2 Å². The standard InChI is InChI=1S/C24H20ClN3O4S/c1-31-20-12-11-15(25)13-18(20)26-22(29)14-33-24-27-17-8-4-3-7-16(17)23(30)28(24)19-9-5-6-10-21(19)32-2/h3-13H,14H2,1-2H3,(H,26,29). The zero-order chi connectivity index (χ0) is 23.4. The number of methoxy groups -OCH3 is 2. The molecule has 0 aliphatic carbocycles. The predicted octanol–water partition coefficient (Wildman–Crippen LogP) is 4.79. The summed E-state index contributed by atoms with van der Waals surface area (Å²) in [5, 5.41) is 4.11. The molecule has 4 rings (SSSR count). The number of nitrogens with zero attached hydrogens (tertiary/aromatic N) is 2. The Balaban J connectivity index is 1.70. The Labute approximate surface area is 199 Å². The van der Waals surface area contributed by atoms with Crippen molar-refractivity contribution in [3.05, 3.63) is 82.1 Å². The molecule has 0 saturated heterocycles. The Morgan fingerprint density at radius 3 is 2.55 bits per heavy atom. The first-order chi connectivity index (χ1) is 16.0. The minimum absolute atomic E-state index is 0.00952. The van der Waals surface area contributed by atoms with Gasteiger partial charge in [-0.3, -0.25) is 14.2 Å². The van der Waals surface area contributed by atoms with Gasteiger partial charge in [0.1, 0.15) is 11.5 Å². The molecule has 1 heterocycles. The number of carbonyl (C=O) groups is 1. The third-order valence-corrected chi connectivity index (χ3v) is 6.01. The number of hydrogen-bond acceptors (Lipinski definition) is 6. The highest BCUT2D eigenvalue weighted by atomic mass is 35.5. The van der Waals surface area contributed by atoms with Crippen LogP contribution in [-0.2, 0) is 4.79 Å². The van der Waals surface area contributed by atoms with Crippen LogP contribution in [0.3, 0.4) is 0 Å². The second-order valence-corrected chi connectivity index (χ2v) is 8.28. The van der Waals surface area contributed by atoms with Crippen molar-refractivity contribution in [2.45, 2.75) is 5.16 Å². The van der Waals surface area contributed by atoms with E-state index < -0.39 is 0 Å². The molecule has 0 spiro atoms. The fourth-order valence-electron chi connectivity index (χ4n) is 3.33. The number of nitrogens with one attached hydrogen (secondary N) is 1. The maximum atomic E-state index is 13.4. The van der Waals surface area contributed by atoms with Gasteiger partial charge >= 0.3 is 0 Å². The number of benzene rings is 3. The lowest BCUT2D eigenvalue weighted by Crippen LogP contribution is -2.23. The Hall–Kier alpha value is -3.49. The number of halogens is 1. The van der Waals surface area contributed by atoms with Crippen molar-refractivity contribution in [2.24, 2.45) is 0 Å². The number of carbonyl (C=O) groups excluding carboxylic acids is 1. The number of ether oxygens (including phenoxy) is 2. The van der Waals surface area contributed by atoms with Gasteiger partial charge < -0.3 is 14.8 Å². The Morgan fingerprint density at radius 1 is 1.03 bits per heavy atom. The third kappa shape index (κ3) is 4.81. The number of fused-ring (bicyclic) bond motifs is 1. The summed E-state index contributed by atoms with van der Waals surface area (Å²) in [4.78, 5) is 30.8. The molecule has 9 heteroatoms. The number of amides is 1. The van der Waals surface area contributed by atoms with E-state index >= 15 is 0 Å². The van der Waals surface area contributed by atoms with Crippen LogP contribution < -0.4 is 20.3 Å². The Bertz CT molecular complexity index is 1390. The van der Waals surface area contributed by atoms with Gasteiger partial charge in [0.2, 0.25) is 5.91 Å². The van der Waals surface area contributed by atoms with Gasteiger partial charge in [0, 0.05) is 5.02 Å². The van der Waals surface area contributed by atoms with E-state index in [0.29, 0.717) is 44.0 Å². The third-order valence-electron chi connectivity index (χ3n) is 4.84. The first kappa shape index (κ1) is 22.7. The highest BCUT2D eigenvalue weighted by Crippen LogP contribution is 2.29. The van der Waals surface area contributed by atoms with Crippen LogP contribution in [0.25, 0.3) is 16.6 Å². The van der Waals surface area contributed by atoms with Crippen LogP contribution in [0.2, 0.25) is 5.02 Å². The van der Waals surface area contributed by atoms with Gasteiger partial charge in [0.05, 0.1) is 42.3 Å². The van der Waals surface area contributed by atoms with Gasteiger partial charge in [-0.1, -0.05) is 47.6 Å². The molecule has 0 atom stereocenters. The summed E-state index contributed by atoms with van der Waals surface area (Å²) >= 11 is 7.19. The molecule has 0 radical (unpaired) electrons. The van der Waals surface area contributed by atoms with Gasteiger partial charge in [-0.2, -0.15) is 0 Å². The van der Waals surface area contributed by atoms with Crippen molar-refractivity contribution in [3.8, 4) is 17.2 Å². The summed E-state index contributed by atoms with van der Waals surface area (Å²) in [6.07, 6.45) is 0. The van der Waals surface area contributed by atoms with Gasteiger partial charge in [0.25, 0.3) is 5.56 Å². The molecule has 1 N–H and O–H groups in total. The fraction of sp³-hybridized carbons (Fsp3) is 0.125. The van der Waals surface area contributed by atoms with Gasteiger partial charge in [-0.05, 0) is 42.5 Å². The van der Waals surface area contributed by atoms with E-state index in [9.17, 15) is 9.59 Å². The molecule has 1 aromatic heterocycles. The Kier molecular flexibility index (Phi) is 6.86. The van der Waals surface area contributed by atoms with Crippen molar-refractivity contribution >= 4 is 45.9 Å². The lowest BCUT2D eigenvalue weighted by molar-refractivity contribution is -0.113. The maximum Gasteiger partial charge on any atom is 0.266 e. The summed E-state index contributed by atoms with van der Waals surface area (Å²) in [7, 11) is 3.05. The van der Waals surface area contributed by atoms with Crippen molar-refractivity contribution in [3.63, 3.8) is 0 Å². The van der Waals surface area contributed by atoms with Crippen molar-refractivity contribution < 1.29 is 14.3 Å². The van der Waals surface area contributed by atoms with Crippen molar-refractivity contribution in [1.29, 1.82) is 0 Å². The normalized spacial score (nSPS) is 10.8. The molecule has 0 saturated carbocycles. The van der Waals surface area contributed by atoms with E-state index in [1.54, 1.807) is 48.5 Å². The summed E-state index contributed by atoms with van der Waals surface area (Å²) in [6.45, 7) is 0. The number of aromatic nitrogens is 2. The van der Waals surface area contributed by atoms with Crippen LogP contribution in [0, 0.1) is 0 Å². The molecule has 0 unspecified atom stereocenters. The quantitative estimate of drug-likeness (QED) is 0.302. The number of hydrogen-bond donors (Lipinski definition) is 1. The van der Waals surface area contributed by atoms with Gasteiger partial charge in [-0.15, -0.1) is 0 Å². The van der Waals surface area contributed by atoms with Crippen LogP contribution in [0.1, 0.15) is 0 Å². The molecule has 168 valence electrons. The number of anilines is 1. The van der Waals surface area contributed by atoms with Crippen LogP contribution in [-0.4, -0.2) is 35.4 Å². The number of rotatable bonds is 7. The molecule has 3 aromatic carbocycles. The minimum Gasteiger partial charge on any atom is -0.495 e. The molecule has 33 heavy (non-hydrogen) atoms. The minimum atomic E-state index is -0.297. The monoisotopic (exact) mass is 481 g/mol. The van der Waals surface area contributed by atoms with Crippen LogP contribution in [0.15, 0.2) is 76.7 Å². The zero-order valence-electron chi connectivity index (χ0n) is 17.9. The number of para-hydroxylation sites is 3. The van der Waals surface area contributed by atoms with Gasteiger partial charge in [-0.25, -0.2) is 4.98 Å². The van der Waals surface area contributed by atoms with Crippen molar-refractivity contribution in [2.75, 3.05) is 25.3 Å². The summed E-state index contributed by atoms with van der Waals surface area (Å²) in [5.41, 5.74) is 1.31. The lowest BCUT2D eigenvalue weighted by Gasteiger charge is -2.16. The van der Waals surface area contributed by atoms with Crippen LogP contribution in [0.5, 0.6) is 11.5 Å². The topological polar surface area (TPSA) is 82.5 Å². The van der Waals surface area contributed by atoms with Crippen molar-refractivity contribution in [1.82, 2.24) is 9.55 Å². The second-order valence-electron chi connectivity index (χ2n) is 6.91. The largest absolute Gasteiger partial charge is 0.495 e. The van der Waals surface area contributed by atoms with E-state index in [2.05, 4.69) is 10.3 Å². The van der Waals surface area contributed by atoms with E-state index in [4.69, 9.17) is 21.1 Å². The maximum absolute atomic E-state index is 13.4. The zero-order valence-corrected chi connectivity index (χ0v) is 19.4. The number of thioether (sulfide) groups is 1. The predicted molar refractivity (Wildman–Crippen MR) is 131 cm³/mol. The average Bonchev–Trinajstić information content (AvgIpc) is 2.83. The average molecular weight is 482 g/mol. The highest BCUT2D eigenvalue weighted by molar-refractivity contribution is 7.99. The SMILES string of the molecule is COc1ccc(Cl)cc1NC(=O)CSc1nc2ccccc2c(=O)n1-c1ccccc1OC. The second kappa shape index (κ2) is 9.97. The summed E-state index contributed by atoms with van der Waals surface area (Å²) in [6, 6.07) is 19.2. The molecule has 4 aromatic rings. The van der Waals surface area contributed by atoms with Crippen LogP contribution >= 0.6 is 23.4 Å². The smallest absolute Gasteiger partial charge is 0.266 e. The molecule has 0 bridgehead atoms. The first-order valence-corrected chi connectivity index (χ1v) is 11.3. The molecule has 1 amide bonds. The fourth-order valence-corrected chi connectivity index (χ4v) is 4.31. The molecule has 0 aliphatic rings. The molecular formula is C24H20ClN3O4S. The molecule has 0 aliphatic heterocycles. The molecule has 7 nitrogen and oxygen atoms in total. The van der Waals surface area contributed by atoms with E-state index in [0.717, 1.165) is 11.8 Å². The molecular weight excluding hydrogens is 462 g/mol.